The van der Waals surface area contributed by atoms with Crippen molar-refractivity contribution in [2.24, 2.45) is 0 Å². The highest BCUT2D eigenvalue weighted by Gasteiger charge is 2.45. The van der Waals surface area contributed by atoms with Crippen molar-refractivity contribution in [3.63, 3.8) is 0 Å². The number of aromatic nitrogens is 2. The van der Waals surface area contributed by atoms with Crippen LogP contribution in [0.3, 0.4) is 0 Å². The molecule has 0 bridgehead atoms. The molecule has 0 saturated carbocycles. The molecule has 0 spiro atoms. The summed E-state index contributed by atoms with van der Waals surface area (Å²) in [4.78, 5) is 30.3. The number of carbonyl (C=O) groups is 1. The monoisotopic (exact) mass is 437 g/mol. The predicted molar refractivity (Wildman–Crippen MR) is 115 cm³/mol. The molecule has 4 heterocycles. The molecule has 0 aliphatic carbocycles. The van der Waals surface area contributed by atoms with Gasteiger partial charge in [0, 0.05) is 35.2 Å². The number of benzene rings is 1. The maximum atomic E-state index is 13.2. The van der Waals surface area contributed by atoms with Gasteiger partial charge < -0.3 is 29.9 Å². The van der Waals surface area contributed by atoms with Crippen molar-refractivity contribution >= 4 is 16.9 Å². The molecular weight excluding hydrogens is 414 g/mol. The zero-order chi connectivity index (χ0) is 22.6. The van der Waals surface area contributed by atoms with Crippen molar-refractivity contribution < 1.29 is 24.9 Å². The predicted octanol–water partition coefficient (Wildman–Crippen LogP) is 0.867. The number of pyridine rings is 2. The van der Waals surface area contributed by atoms with Gasteiger partial charge in [-0.3, -0.25) is 4.79 Å². The molecule has 32 heavy (non-hydrogen) atoms. The number of rotatable bonds is 5. The van der Waals surface area contributed by atoms with E-state index < -0.39 is 11.6 Å². The van der Waals surface area contributed by atoms with Crippen LogP contribution in [0.4, 0.5) is 0 Å². The second kappa shape index (κ2) is 7.40. The zero-order valence-electron chi connectivity index (χ0n) is 17.5. The summed E-state index contributed by atoms with van der Waals surface area (Å²) in [5.41, 5.74) is 1.64. The number of esters is 1. The number of hydrogen-bond acceptors (Lipinski definition) is 8. The molecule has 9 nitrogen and oxygen atoms in total. The summed E-state index contributed by atoms with van der Waals surface area (Å²) in [5, 5.41) is 34.2. The number of phenolic OH excluding ortho intramolecular Hbond substituents is 1. The Morgan fingerprint density at radius 2 is 2.09 bits per heavy atom. The van der Waals surface area contributed by atoms with Crippen molar-refractivity contribution in [2.45, 2.75) is 38.6 Å². The SMILES string of the molecule is CC[C@@]1(O)C(=O)OCc2c1cc1n(c2=O)Cc2cc3c(CNCCO)c(O)ccc3nc2-1. The molecular formula is C23H23N3O6. The molecule has 166 valence electrons. The number of carbonyl (C=O) groups excluding carboxylic acids is 1. The molecule has 0 saturated heterocycles. The lowest BCUT2D eigenvalue weighted by Crippen LogP contribution is -2.44. The van der Waals surface area contributed by atoms with E-state index in [0.29, 0.717) is 35.6 Å². The van der Waals surface area contributed by atoms with Gasteiger partial charge in [-0.1, -0.05) is 6.92 Å². The van der Waals surface area contributed by atoms with E-state index in [9.17, 15) is 19.8 Å². The van der Waals surface area contributed by atoms with Crippen LogP contribution in [0.5, 0.6) is 5.75 Å². The first-order valence-corrected chi connectivity index (χ1v) is 10.5. The van der Waals surface area contributed by atoms with Crippen LogP contribution in [0.15, 0.2) is 29.1 Å². The van der Waals surface area contributed by atoms with Crippen LogP contribution in [0.25, 0.3) is 22.3 Å². The van der Waals surface area contributed by atoms with Gasteiger partial charge in [0.1, 0.15) is 12.4 Å². The second-order valence-electron chi connectivity index (χ2n) is 8.13. The highest BCUT2D eigenvalue weighted by molar-refractivity contribution is 5.89. The second-order valence-corrected chi connectivity index (χ2v) is 8.13. The molecule has 9 heteroatoms. The van der Waals surface area contributed by atoms with Crippen molar-refractivity contribution in [1.29, 1.82) is 0 Å². The average molecular weight is 437 g/mol. The third-order valence-electron chi connectivity index (χ3n) is 6.37. The van der Waals surface area contributed by atoms with Gasteiger partial charge in [0.2, 0.25) is 0 Å². The first kappa shape index (κ1) is 20.6. The Labute approximate surface area is 182 Å². The summed E-state index contributed by atoms with van der Waals surface area (Å²) in [7, 11) is 0. The van der Waals surface area contributed by atoms with Gasteiger partial charge >= 0.3 is 5.97 Å². The Morgan fingerprint density at radius 3 is 2.84 bits per heavy atom. The van der Waals surface area contributed by atoms with E-state index in [0.717, 1.165) is 10.9 Å². The number of aliphatic hydroxyl groups is 2. The van der Waals surface area contributed by atoms with E-state index in [1.165, 1.54) is 0 Å². The lowest BCUT2D eigenvalue weighted by atomic mass is 9.86. The fraction of sp³-hybridized carbons (Fsp3) is 0.348. The number of nitrogens with one attached hydrogen (secondary N) is 1. The average Bonchev–Trinajstić information content (AvgIpc) is 3.15. The van der Waals surface area contributed by atoms with Gasteiger partial charge in [-0.25, -0.2) is 9.78 Å². The van der Waals surface area contributed by atoms with Crippen LogP contribution in [0.1, 0.15) is 35.6 Å². The van der Waals surface area contributed by atoms with Crippen LogP contribution < -0.4 is 10.9 Å². The third-order valence-corrected chi connectivity index (χ3v) is 6.37. The minimum atomic E-state index is -1.86. The van der Waals surface area contributed by atoms with Crippen LogP contribution in [0.2, 0.25) is 0 Å². The fourth-order valence-corrected chi connectivity index (χ4v) is 4.58. The number of hydrogen-bond donors (Lipinski definition) is 4. The highest BCUT2D eigenvalue weighted by Crippen LogP contribution is 2.39. The summed E-state index contributed by atoms with van der Waals surface area (Å²) >= 11 is 0. The van der Waals surface area contributed by atoms with Crippen molar-refractivity contribution in [3.8, 4) is 17.1 Å². The van der Waals surface area contributed by atoms with Gasteiger partial charge in [0.25, 0.3) is 5.56 Å². The van der Waals surface area contributed by atoms with Crippen LogP contribution in [-0.4, -0.2) is 44.0 Å². The number of cyclic esters (lactones) is 1. The first-order chi connectivity index (χ1) is 15.4. The van der Waals surface area contributed by atoms with Crippen LogP contribution in [0, 0.1) is 0 Å². The number of nitrogens with zero attached hydrogens (tertiary/aromatic N) is 2. The number of aromatic hydroxyl groups is 1. The third kappa shape index (κ3) is 2.85. The molecule has 3 aromatic rings. The highest BCUT2D eigenvalue weighted by atomic mass is 16.6. The molecule has 0 unspecified atom stereocenters. The summed E-state index contributed by atoms with van der Waals surface area (Å²) < 4.78 is 6.67. The minimum absolute atomic E-state index is 0.0155. The maximum Gasteiger partial charge on any atom is 0.343 e. The van der Waals surface area contributed by atoms with Gasteiger partial charge in [0.15, 0.2) is 5.60 Å². The number of ether oxygens (including phenoxy) is 1. The first-order valence-electron chi connectivity index (χ1n) is 10.5. The topological polar surface area (TPSA) is 134 Å². The molecule has 1 atom stereocenters. The van der Waals surface area contributed by atoms with Crippen LogP contribution >= 0.6 is 0 Å². The van der Waals surface area contributed by atoms with Gasteiger partial charge in [-0.05, 0) is 30.7 Å². The Bertz CT molecular complexity index is 1330. The molecule has 0 fully saturated rings. The van der Waals surface area contributed by atoms with Gasteiger partial charge in [-0.2, -0.15) is 0 Å². The molecule has 2 aliphatic heterocycles. The largest absolute Gasteiger partial charge is 0.508 e. The van der Waals surface area contributed by atoms with Crippen LogP contribution in [-0.2, 0) is 34.8 Å². The van der Waals surface area contributed by atoms with E-state index in [1.54, 1.807) is 29.7 Å². The molecule has 0 radical (unpaired) electrons. The molecule has 0 amide bonds. The minimum Gasteiger partial charge on any atom is -0.508 e. The molecule has 2 aromatic heterocycles. The molecule has 4 N–H and O–H groups in total. The van der Waals surface area contributed by atoms with E-state index in [-0.39, 0.29) is 48.6 Å². The maximum absolute atomic E-state index is 13.2. The summed E-state index contributed by atoms with van der Waals surface area (Å²) in [6, 6.07) is 6.86. The lowest BCUT2D eigenvalue weighted by Gasteiger charge is -2.31. The van der Waals surface area contributed by atoms with E-state index in [4.69, 9.17) is 14.8 Å². The van der Waals surface area contributed by atoms with E-state index in [1.807, 2.05) is 6.07 Å². The normalized spacial score (nSPS) is 18.9. The van der Waals surface area contributed by atoms with Crippen molar-refractivity contribution in [2.75, 3.05) is 13.2 Å². The molecule has 2 aliphatic rings. The summed E-state index contributed by atoms with van der Waals surface area (Å²) in [5.74, 6) is -0.631. The quantitative estimate of drug-likeness (QED) is 0.267. The number of aliphatic hydroxyl groups excluding tert-OH is 1. The van der Waals surface area contributed by atoms with E-state index in [2.05, 4.69) is 5.32 Å². The Hall–Kier alpha value is -3.27. The zero-order valence-corrected chi connectivity index (χ0v) is 17.5. The smallest absolute Gasteiger partial charge is 0.343 e. The molecule has 1 aromatic carbocycles. The summed E-state index contributed by atoms with van der Waals surface area (Å²) in [6.45, 7) is 2.52. The van der Waals surface area contributed by atoms with Crippen molar-refractivity contribution in [1.82, 2.24) is 14.9 Å². The van der Waals surface area contributed by atoms with Gasteiger partial charge in [0.05, 0.1) is 35.6 Å². The standard InChI is InChI=1S/C23H23N3O6/c1-2-23(31)16-8-18-20-12(10-26(18)21(29)15(16)11-32-22(23)30)7-13-14(9-24-5-6-27)19(28)4-3-17(13)25-20/h3-4,7-8,24,27-28,31H,2,5-6,9-11H2,1H3/t23-/m0/s1. The fourth-order valence-electron chi connectivity index (χ4n) is 4.58. The Kier molecular flexibility index (Phi) is 4.77. The van der Waals surface area contributed by atoms with E-state index >= 15 is 0 Å². The Morgan fingerprint density at radius 1 is 1.28 bits per heavy atom. The Balaban J connectivity index is 1.69. The van der Waals surface area contributed by atoms with Gasteiger partial charge in [-0.15, -0.1) is 0 Å². The lowest BCUT2D eigenvalue weighted by molar-refractivity contribution is -0.172. The number of phenols is 1. The summed E-state index contributed by atoms with van der Waals surface area (Å²) in [6.07, 6.45) is 0.0865. The number of fused-ring (bicyclic) bond motifs is 5. The molecule has 5 rings (SSSR count). The van der Waals surface area contributed by atoms with Crippen molar-refractivity contribution in [3.05, 3.63) is 56.9 Å².